The number of alkyl halides is 3. The fourth-order valence-electron chi connectivity index (χ4n) is 3.02. The molecule has 1 saturated heterocycles. The summed E-state index contributed by atoms with van der Waals surface area (Å²) in [5.41, 5.74) is 6.97. The zero-order valence-electron chi connectivity index (χ0n) is 14.4. The van der Waals surface area contributed by atoms with Gasteiger partial charge in [0.25, 0.3) is 0 Å². The molecular weight excluding hydrogens is 331 g/mol. The molecule has 2 rings (SSSR count). The molecule has 4 nitrogen and oxygen atoms in total. The van der Waals surface area contributed by atoms with E-state index in [1.54, 1.807) is 18.2 Å². The Hall–Kier alpha value is -1.73. The number of likely N-dealkylation sites (tertiary alicyclic amines) is 1. The number of halogens is 3. The third-order valence-corrected chi connectivity index (χ3v) is 4.13. The van der Waals surface area contributed by atoms with E-state index in [0.717, 1.165) is 19.6 Å². The smallest absolute Gasteiger partial charge is 0.401 e. The first-order valence-electron chi connectivity index (χ1n) is 8.51. The molecule has 1 aromatic carbocycles. The number of hydrogen-bond donors (Lipinski definition) is 1. The number of anilines is 1. The Morgan fingerprint density at radius 3 is 2.64 bits per heavy atom. The predicted octanol–water partition coefficient (Wildman–Crippen LogP) is 3.29. The molecule has 1 heterocycles. The number of ether oxygens (including phenoxy) is 1. The molecule has 25 heavy (non-hydrogen) atoms. The zero-order valence-corrected chi connectivity index (χ0v) is 14.4. The van der Waals surface area contributed by atoms with E-state index in [9.17, 15) is 13.2 Å². The summed E-state index contributed by atoms with van der Waals surface area (Å²) in [5, 5.41) is 0. The summed E-state index contributed by atoms with van der Waals surface area (Å²) in [6.45, 7) is 6.28. The van der Waals surface area contributed by atoms with E-state index in [1.807, 2.05) is 0 Å². The Morgan fingerprint density at radius 1 is 1.28 bits per heavy atom. The highest BCUT2D eigenvalue weighted by molar-refractivity contribution is 5.47. The molecule has 0 amide bonds. The summed E-state index contributed by atoms with van der Waals surface area (Å²) in [5.74, 6) is 0.588. The van der Waals surface area contributed by atoms with E-state index in [2.05, 4.69) is 11.5 Å². The number of nitrogens with zero attached hydrogens (tertiary/aromatic N) is 2. The van der Waals surface area contributed by atoms with Crippen LogP contribution in [0.5, 0.6) is 5.75 Å². The molecule has 0 aliphatic carbocycles. The molecule has 0 atom stereocenters. The van der Waals surface area contributed by atoms with Crippen molar-refractivity contribution in [3.05, 3.63) is 36.4 Å². The largest absolute Gasteiger partial charge is 0.492 e. The van der Waals surface area contributed by atoms with Gasteiger partial charge in [0, 0.05) is 30.9 Å². The summed E-state index contributed by atoms with van der Waals surface area (Å²) in [6.07, 6.45) is -0.381. The van der Waals surface area contributed by atoms with Crippen LogP contribution in [0, 0.1) is 0 Å². The van der Waals surface area contributed by atoms with Crippen LogP contribution in [-0.2, 0) is 6.54 Å². The number of nitrogens with two attached hydrogens (primary N) is 1. The van der Waals surface area contributed by atoms with E-state index in [4.69, 9.17) is 10.5 Å². The second kappa shape index (κ2) is 9.10. The van der Waals surface area contributed by atoms with Crippen molar-refractivity contribution in [2.75, 3.05) is 45.1 Å². The van der Waals surface area contributed by atoms with E-state index in [-0.39, 0.29) is 13.1 Å². The molecule has 2 N–H and O–H groups in total. The van der Waals surface area contributed by atoms with E-state index < -0.39 is 12.7 Å². The first kappa shape index (κ1) is 19.6. The van der Waals surface area contributed by atoms with Gasteiger partial charge >= 0.3 is 6.18 Å². The summed E-state index contributed by atoms with van der Waals surface area (Å²) in [4.78, 5) is 3.60. The van der Waals surface area contributed by atoms with Crippen molar-refractivity contribution in [2.45, 2.75) is 25.6 Å². The van der Waals surface area contributed by atoms with Crippen LogP contribution in [0.3, 0.4) is 0 Å². The molecule has 0 radical (unpaired) electrons. The Kier molecular flexibility index (Phi) is 7.13. The van der Waals surface area contributed by atoms with E-state index >= 15 is 0 Å². The molecule has 1 fully saturated rings. The minimum Gasteiger partial charge on any atom is -0.492 e. The lowest BCUT2D eigenvalue weighted by atomic mass is 10.1. The van der Waals surface area contributed by atoms with Crippen LogP contribution in [0.2, 0.25) is 0 Å². The molecule has 0 unspecified atom stereocenters. The first-order valence-corrected chi connectivity index (χ1v) is 8.51. The van der Waals surface area contributed by atoms with Gasteiger partial charge in [0.1, 0.15) is 12.4 Å². The van der Waals surface area contributed by atoms with Crippen molar-refractivity contribution < 1.29 is 17.9 Å². The van der Waals surface area contributed by atoms with Crippen molar-refractivity contribution in [3.8, 4) is 5.75 Å². The molecular formula is C18H26F3N3O. The van der Waals surface area contributed by atoms with Crippen LogP contribution in [-0.4, -0.2) is 55.3 Å². The molecule has 140 valence electrons. The highest BCUT2D eigenvalue weighted by atomic mass is 19.4. The SMILES string of the molecule is C=CCN(Cc1cc(N)ccc1OCCN1CCCC1)CC(F)(F)F. The number of benzene rings is 1. The number of hydrogen-bond acceptors (Lipinski definition) is 4. The molecule has 1 aromatic rings. The molecule has 0 aromatic heterocycles. The summed E-state index contributed by atoms with van der Waals surface area (Å²) in [6, 6.07) is 5.11. The molecule has 7 heteroatoms. The zero-order chi connectivity index (χ0) is 18.3. The van der Waals surface area contributed by atoms with Crippen molar-refractivity contribution >= 4 is 5.69 Å². The topological polar surface area (TPSA) is 41.7 Å². The van der Waals surface area contributed by atoms with Gasteiger partial charge in [-0.2, -0.15) is 13.2 Å². The average Bonchev–Trinajstić information content (AvgIpc) is 3.01. The third kappa shape index (κ3) is 6.96. The van der Waals surface area contributed by atoms with Gasteiger partial charge in [-0.3, -0.25) is 9.80 Å². The monoisotopic (exact) mass is 357 g/mol. The second-order valence-electron chi connectivity index (χ2n) is 6.34. The van der Waals surface area contributed by atoms with Crippen LogP contribution >= 0.6 is 0 Å². The van der Waals surface area contributed by atoms with Gasteiger partial charge in [-0.1, -0.05) is 6.08 Å². The fourth-order valence-corrected chi connectivity index (χ4v) is 3.02. The van der Waals surface area contributed by atoms with Gasteiger partial charge in [0.05, 0.1) is 6.54 Å². The van der Waals surface area contributed by atoms with Crippen molar-refractivity contribution in [3.63, 3.8) is 0 Å². The van der Waals surface area contributed by atoms with Crippen LogP contribution < -0.4 is 10.5 Å². The summed E-state index contributed by atoms with van der Waals surface area (Å²) in [7, 11) is 0. The van der Waals surface area contributed by atoms with Crippen molar-refractivity contribution in [2.24, 2.45) is 0 Å². The van der Waals surface area contributed by atoms with Crippen molar-refractivity contribution in [1.82, 2.24) is 9.80 Å². The lowest BCUT2D eigenvalue weighted by Crippen LogP contribution is -2.34. The standard InChI is InChI=1S/C18H26F3N3O/c1-2-7-24(14-18(19,20)21)13-15-12-16(22)5-6-17(15)25-11-10-23-8-3-4-9-23/h2,5-6,12H,1,3-4,7-11,13-14,22H2. The van der Waals surface area contributed by atoms with Crippen molar-refractivity contribution in [1.29, 1.82) is 0 Å². The Morgan fingerprint density at radius 2 is 2.00 bits per heavy atom. The highest BCUT2D eigenvalue weighted by Crippen LogP contribution is 2.25. The average molecular weight is 357 g/mol. The van der Waals surface area contributed by atoms with Gasteiger partial charge in [-0.05, 0) is 44.1 Å². The van der Waals surface area contributed by atoms with E-state index in [0.29, 0.717) is 23.6 Å². The number of nitrogen functional groups attached to an aromatic ring is 1. The summed E-state index contributed by atoms with van der Waals surface area (Å²) < 4.78 is 44.1. The van der Waals surface area contributed by atoms with Gasteiger partial charge in [-0.15, -0.1) is 6.58 Å². The number of rotatable bonds is 9. The van der Waals surface area contributed by atoms with E-state index in [1.165, 1.54) is 23.8 Å². The third-order valence-electron chi connectivity index (χ3n) is 4.13. The quantitative estimate of drug-likeness (QED) is 0.544. The lowest BCUT2D eigenvalue weighted by molar-refractivity contribution is -0.145. The van der Waals surface area contributed by atoms with Gasteiger partial charge in [0.15, 0.2) is 0 Å². The van der Waals surface area contributed by atoms with Crippen LogP contribution in [0.15, 0.2) is 30.9 Å². The maximum Gasteiger partial charge on any atom is 0.401 e. The highest BCUT2D eigenvalue weighted by Gasteiger charge is 2.30. The maximum absolute atomic E-state index is 12.7. The molecule has 1 aliphatic heterocycles. The summed E-state index contributed by atoms with van der Waals surface area (Å²) >= 11 is 0. The second-order valence-corrected chi connectivity index (χ2v) is 6.34. The lowest BCUT2D eigenvalue weighted by Gasteiger charge is -2.24. The van der Waals surface area contributed by atoms with Gasteiger partial charge in [-0.25, -0.2) is 0 Å². The fraction of sp³-hybridized carbons (Fsp3) is 0.556. The van der Waals surface area contributed by atoms with Crippen LogP contribution in [0.1, 0.15) is 18.4 Å². The first-order chi connectivity index (χ1) is 11.9. The molecule has 0 saturated carbocycles. The Bertz CT molecular complexity index is 557. The Labute approximate surface area is 147 Å². The molecule has 0 spiro atoms. The minimum absolute atomic E-state index is 0.107. The van der Waals surface area contributed by atoms with Gasteiger partial charge in [0.2, 0.25) is 0 Å². The maximum atomic E-state index is 12.7. The molecule has 1 aliphatic rings. The Balaban J connectivity index is 2.01. The van der Waals surface area contributed by atoms with Crippen LogP contribution in [0.4, 0.5) is 18.9 Å². The van der Waals surface area contributed by atoms with Crippen LogP contribution in [0.25, 0.3) is 0 Å². The molecule has 0 bridgehead atoms. The minimum atomic E-state index is -4.26. The normalized spacial score (nSPS) is 15.7. The predicted molar refractivity (Wildman–Crippen MR) is 93.6 cm³/mol. The van der Waals surface area contributed by atoms with Gasteiger partial charge < -0.3 is 10.5 Å².